The molecule has 1 atom stereocenters. The van der Waals surface area contributed by atoms with Gasteiger partial charge in [0.25, 0.3) is 0 Å². The van der Waals surface area contributed by atoms with Crippen molar-refractivity contribution in [3.8, 4) is 0 Å². The van der Waals surface area contributed by atoms with Gasteiger partial charge in [-0.1, -0.05) is 6.92 Å². The van der Waals surface area contributed by atoms with Crippen molar-refractivity contribution in [2.45, 2.75) is 44.3 Å². The van der Waals surface area contributed by atoms with Crippen LogP contribution in [-0.4, -0.2) is 51.6 Å². The second kappa shape index (κ2) is 7.93. The van der Waals surface area contributed by atoms with Crippen molar-refractivity contribution in [2.24, 2.45) is 0 Å². The van der Waals surface area contributed by atoms with Crippen LogP contribution in [0.5, 0.6) is 0 Å². The molecule has 1 aromatic rings. The fourth-order valence-corrected chi connectivity index (χ4v) is 3.67. The van der Waals surface area contributed by atoms with Crippen LogP contribution in [-0.2, 0) is 23.1 Å². The summed E-state index contributed by atoms with van der Waals surface area (Å²) >= 11 is 0. The Bertz CT molecular complexity index is 514. The van der Waals surface area contributed by atoms with Crippen LogP contribution in [0.1, 0.15) is 26.0 Å². The molecule has 122 valence electrons. The zero-order valence-electron chi connectivity index (χ0n) is 13.7. The van der Waals surface area contributed by atoms with E-state index >= 15 is 0 Å². The zero-order chi connectivity index (χ0) is 16.0. The minimum absolute atomic E-state index is 0.132. The Balaban J connectivity index is 2.94. The fraction of sp³-hybridized carbons (Fsp3) is 0.714. The van der Waals surface area contributed by atoms with Gasteiger partial charge in [-0.15, -0.1) is 0 Å². The molecule has 1 unspecified atom stereocenters. The molecule has 1 heterocycles. The maximum Gasteiger partial charge on any atom is 0.242 e. The monoisotopic (exact) mass is 316 g/mol. The van der Waals surface area contributed by atoms with Gasteiger partial charge in [-0.2, -0.15) is 0 Å². The van der Waals surface area contributed by atoms with Crippen LogP contribution < -0.4 is 10.0 Å². The van der Waals surface area contributed by atoms with Crippen molar-refractivity contribution < 1.29 is 8.42 Å². The van der Waals surface area contributed by atoms with E-state index < -0.39 is 10.0 Å². The van der Waals surface area contributed by atoms with E-state index in [2.05, 4.69) is 17.0 Å². The van der Waals surface area contributed by atoms with Crippen molar-refractivity contribution in [3.05, 3.63) is 18.0 Å². The van der Waals surface area contributed by atoms with Gasteiger partial charge < -0.3 is 14.8 Å². The molecular formula is C14H28N4O2S. The molecule has 0 spiro atoms. The van der Waals surface area contributed by atoms with E-state index in [9.17, 15) is 8.42 Å². The normalized spacial score (nSPS) is 13.8. The second-order valence-corrected chi connectivity index (χ2v) is 7.39. The molecule has 7 heteroatoms. The molecule has 0 radical (unpaired) electrons. The highest BCUT2D eigenvalue weighted by atomic mass is 32.2. The Labute approximate surface area is 128 Å². The minimum atomic E-state index is -3.47. The smallest absolute Gasteiger partial charge is 0.242 e. The average molecular weight is 316 g/mol. The lowest BCUT2D eigenvalue weighted by Gasteiger charge is -2.17. The van der Waals surface area contributed by atoms with Gasteiger partial charge in [0.2, 0.25) is 10.0 Å². The highest BCUT2D eigenvalue weighted by Crippen LogP contribution is 2.15. The standard InChI is InChI=1S/C14H28N4O2S/c1-6-7-18-11-14(8-13(18)9-15-3)21(19,20)16-12(2)10-17(4)5/h8,11-12,15-16H,6-7,9-10H2,1-5H3. The van der Waals surface area contributed by atoms with Crippen LogP contribution in [0.25, 0.3) is 0 Å². The zero-order valence-corrected chi connectivity index (χ0v) is 14.5. The number of aryl methyl sites for hydroxylation is 1. The van der Waals surface area contributed by atoms with Gasteiger partial charge in [0, 0.05) is 37.6 Å². The molecule has 0 saturated carbocycles. The highest BCUT2D eigenvalue weighted by Gasteiger charge is 2.20. The Kier molecular flexibility index (Phi) is 6.86. The quantitative estimate of drug-likeness (QED) is 0.709. The molecule has 0 amide bonds. The lowest BCUT2D eigenvalue weighted by atomic mass is 10.3. The maximum absolute atomic E-state index is 12.4. The van der Waals surface area contributed by atoms with Gasteiger partial charge in [-0.3, -0.25) is 0 Å². The van der Waals surface area contributed by atoms with Gasteiger partial charge in [0.05, 0.1) is 4.90 Å². The predicted molar refractivity (Wildman–Crippen MR) is 85.8 cm³/mol. The van der Waals surface area contributed by atoms with Crippen LogP contribution in [0.2, 0.25) is 0 Å². The van der Waals surface area contributed by atoms with Crippen molar-refractivity contribution in [2.75, 3.05) is 27.7 Å². The number of sulfonamides is 1. The summed E-state index contributed by atoms with van der Waals surface area (Å²) in [5, 5.41) is 3.07. The molecule has 0 aliphatic heterocycles. The van der Waals surface area contributed by atoms with Crippen LogP contribution in [0.4, 0.5) is 0 Å². The Morgan fingerprint density at radius 1 is 1.38 bits per heavy atom. The molecule has 1 aromatic heterocycles. The first-order valence-electron chi connectivity index (χ1n) is 7.30. The molecule has 6 nitrogen and oxygen atoms in total. The lowest BCUT2D eigenvalue weighted by Crippen LogP contribution is -2.39. The summed E-state index contributed by atoms with van der Waals surface area (Å²) in [4.78, 5) is 2.30. The summed E-state index contributed by atoms with van der Waals surface area (Å²) < 4.78 is 29.6. The molecule has 21 heavy (non-hydrogen) atoms. The van der Waals surface area contributed by atoms with Gasteiger partial charge in [0.1, 0.15) is 0 Å². The number of hydrogen-bond donors (Lipinski definition) is 2. The van der Waals surface area contributed by atoms with Crippen molar-refractivity contribution >= 4 is 10.0 Å². The number of rotatable bonds is 9. The number of hydrogen-bond acceptors (Lipinski definition) is 4. The maximum atomic E-state index is 12.4. The molecular weight excluding hydrogens is 288 g/mol. The lowest BCUT2D eigenvalue weighted by molar-refractivity contribution is 0.370. The van der Waals surface area contributed by atoms with E-state index in [0.29, 0.717) is 18.0 Å². The van der Waals surface area contributed by atoms with E-state index in [1.165, 1.54) is 0 Å². The van der Waals surface area contributed by atoms with E-state index in [0.717, 1.165) is 18.7 Å². The summed E-state index contributed by atoms with van der Waals surface area (Å²) in [6.45, 7) is 6.09. The Morgan fingerprint density at radius 3 is 2.57 bits per heavy atom. The molecule has 2 N–H and O–H groups in total. The van der Waals surface area contributed by atoms with E-state index in [-0.39, 0.29) is 6.04 Å². The summed E-state index contributed by atoms with van der Waals surface area (Å²) in [6, 6.07) is 1.61. The van der Waals surface area contributed by atoms with Crippen molar-refractivity contribution in [1.82, 2.24) is 19.5 Å². The van der Waals surface area contributed by atoms with Crippen molar-refractivity contribution in [3.63, 3.8) is 0 Å². The van der Waals surface area contributed by atoms with Crippen LogP contribution in [0, 0.1) is 0 Å². The number of nitrogens with one attached hydrogen (secondary N) is 2. The van der Waals surface area contributed by atoms with Crippen molar-refractivity contribution in [1.29, 1.82) is 0 Å². The third-order valence-electron chi connectivity index (χ3n) is 3.09. The van der Waals surface area contributed by atoms with Gasteiger partial charge >= 0.3 is 0 Å². The SMILES string of the molecule is CCCn1cc(S(=O)(=O)NC(C)CN(C)C)cc1CNC. The first-order chi connectivity index (χ1) is 9.80. The highest BCUT2D eigenvalue weighted by molar-refractivity contribution is 7.89. The summed E-state index contributed by atoms with van der Waals surface area (Å²) in [5.41, 5.74) is 0.986. The minimum Gasteiger partial charge on any atom is -0.349 e. The van der Waals surface area contributed by atoms with Crippen LogP contribution in [0.15, 0.2) is 17.2 Å². The topological polar surface area (TPSA) is 66.4 Å². The van der Waals surface area contributed by atoms with Gasteiger partial charge in [-0.25, -0.2) is 13.1 Å². The molecule has 0 fully saturated rings. The molecule has 1 rings (SSSR count). The summed E-state index contributed by atoms with van der Waals surface area (Å²) in [6.07, 6.45) is 2.69. The van der Waals surface area contributed by atoms with E-state index in [1.807, 2.05) is 37.5 Å². The molecule has 0 aliphatic carbocycles. The Hall–Kier alpha value is -0.890. The molecule has 0 aliphatic rings. The van der Waals surface area contributed by atoms with Crippen LogP contribution in [0.3, 0.4) is 0 Å². The first kappa shape index (κ1) is 18.2. The second-order valence-electron chi connectivity index (χ2n) is 5.68. The summed E-state index contributed by atoms with van der Waals surface area (Å²) in [7, 11) is 2.24. The van der Waals surface area contributed by atoms with E-state index in [4.69, 9.17) is 0 Å². The average Bonchev–Trinajstić information content (AvgIpc) is 2.72. The number of nitrogens with zero attached hydrogens (tertiary/aromatic N) is 2. The largest absolute Gasteiger partial charge is 0.349 e. The third kappa shape index (κ3) is 5.43. The summed E-state index contributed by atoms with van der Waals surface area (Å²) in [5.74, 6) is 0. The predicted octanol–water partition coefficient (Wildman–Crippen LogP) is 0.846. The molecule has 0 aromatic carbocycles. The Morgan fingerprint density at radius 2 is 2.05 bits per heavy atom. The number of aromatic nitrogens is 1. The van der Waals surface area contributed by atoms with Crippen LogP contribution >= 0.6 is 0 Å². The molecule has 0 saturated heterocycles. The van der Waals surface area contributed by atoms with E-state index in [1.54, 1.807) is 12.3 Å². The molecule has 0 bridgehead atoms. The van der Waals surface area contributed by atoms with Gasteiger partial charge in [0.15, 0.2) is 0 Å². The van der Waals surface area contributed by atoms with Gasteiger partial charge in [-0.05, 0) is 40.6 Å². The number of likely N-dealkylation sites (N-methyl/N-ethyl adjacent to an activating group) is 1. The first-order valence-corrected chi connectivity index (χ1v) is 8.79. The third-order valence-corrected chi connectivity index (χ3v) is 4.65. The fourth-order valence-electron chi connectivity index (χ4n) is 2.37.